The molecule has 0 saturated carbocycles. The van der Waals surface area contributed by atoms with Crippen LogP contribution in [0.1, 0.15) is 23.2 Å². The predicted octanol–water partition coefficient (Wildman–Crippen LogP) is 3.22. The molecule has 4 rings (SSSR count). The third kappa shape index (κ3) is 3.84. The number of methoxy groups -OCH3 is 1. The zero-order valence-corrected chi connectivity index (χ0v) is 18.2. The molecule has 0 amide bonds. The molecule has 0 bridgehead atoms. The van der Waals surface area contributed by atoms with Crippen LogP contribution in [0.25, 0.3) is 11.6 Å². The standard InChI is InChI=1S/C23H24N2O5S/c1-24(31(28,29)18-9-7-17(30-2)8-10-18)16-6-11-20-19(12-13-23(26)27)21-5-3-4-14-25(21)22(20)15-16/h3-5,7-10,12-14,16H,6,11,15H2,1-2H3,(H,26,27)/b13-12+. The van der Waals surface area contributed by atoms with E-state index in [1.165, 1.54) is 11.4 Å². The second kappa shape index (κ2) is 8.20. The highest BCUT2D eigenvalue weighted by Crippen LogP contribution is 2.34. The van der Waals surface area contributed by atoms with Crippen LogP contribution in [0.4, 0.5) is 0 Å². The summed E-state index contributed by atoms with van der Waals surface area (Å²) in [6.45, 7) is 0. The van der Waals surface area contributed by atoms with Crippen LogP contribution in [0.15, 0.2) is 59.6 Å². The van der Waals surface area contributed by atoms with Crippen LogP contribution >= 0.6 is 0 Å². The van der Waals surface area contributed by atoms with E-state index in [1.807, 2.05) is 28.8 Å². The van der Waals surface area contributed by atoms with Crippen molar-refractivity contribution in [3.05, 3.63) is 71.6 Å². The molecule has 1 N–H and O–H groups in total. The smallest absolute Gasteiger partial charge is 0.328 e. The van der Waals surface area contributed by atoms with Crippen molar-refractivity contribution in [1.29, 1.82) is 0 Å². The maximum absolute atomic E-state index is 13.2. The Morgan fingerprint density at radius 1 is 1.23 bits per heavy atom. The molecule has 0 saturated heterocycles. The number of rotatable bonds is 6. The molecule has 1 atom stereocenters. The van der Waals surface area contributed by atoms with Crippen molar-refractivity contribution in [3.8, 4) is 5.75 Å². The number of hydrogen-bond donors (Lipinski definition) is 1. The molecule has 0 radical (unpaired) electrons. The molecular weight excluding hydrogens is 416 g/mol. The molecule has 8 heteroatoms. The summed E-state index contributed by atoms with van der Waals surface area (Å²) in [7, 11) is -0.497. The van der Waals surface area contributed by atoms with Crippen molar-refractivity contribution in [2.75, 3.05) is 14.2 Å². The van der Waals surface area contributed by atoms with E-state index in [0.717, 1.165) is 28.4 Å². The molecule has 1 aromatic carbocycles. The van der Waals surface area contributed by atoms with Gasteiger partial charge in [0.2, 0.25) is 10.0 Å². The first-order valence-electron chi connectivity index (χ1n) is 9.97. The lowest BCUT2D eigenvalue weighted by atomic mass is 9.91. The number of fused-ring (bicyclic) bond motifs is 3. The first-order valence-corrected chi connectivity index (χ1v) is 11.4. The van der Waals surface area contributed by atoms with E-state index >= 15 is 0 Å². The molecule has 31 heavy (non-hydrogen) atoms. The van der Waals surface area contributed by atoms with Gasteiger partial charge in [-0.3, -0.25) is 0 Å². The van der Waals surface area contributed by atoms with Gasteiger partial charge >= 0.3 is 5.97 Å². The average molecular weight is 441 g/mol. The number of aromatic nitrogens is 1. The number of carboxylic acids is 1. The Morgan fingerprint density at radius 3 is 2.65 bits per heavy atom. The summed E-state index contributed by atoms with van der Waals surface area (Å²) in [6, 6.07) is 12.0. The molecule has 7 nitrogen and oxygen atoms in total. The topological polar surface area (TPSA) is 88.3 Å². The van der Waals surface area contributed by atoms with Gasteiger partial charge in [-0.15, -0.1) is 0 Å². The molecule has 3 aromatic rings. The van der Waals surface area contributed by atoms with Gasteiger partial charge in [-0.25, -0.2) is 13.2 Å². The number of nitrogens with zero attached hydrogens (tertiary/aromatic N) is 2. The number of carbonyl (C=O) groups is 1. The number of sulfonamides is 1. The Bertz CT molecular complexity index is 1260. The molecule has 2 heterocycles. The number of benzene rings is 1. The van der Waals surface area contributed by atoms with E-state index in [2.05, 4.69) is 0 Å². The van der Waals surface area contributed by atoms with E-state index in [1.54, 1.807) is 37.4 Å². The molecule has 0 aliphatic heterocycles. The van der Waals surface area contributed by atoms with Crippen LogP contribution in [0.3, 0.4) is 0 Å². The fraction of sp³-hybridized carbons (Fsp3) is 0.261. The molecule has 0 fully saturated rings. The van der Waals surface area contributed by atoms with Crippen molar-refractivity contribution in [1.82, 2.24) is 8.71 Å². The van der Waals surface area contributed by atoms with Crippen LogP contribution in [-0.4, -0.2) is 48.4 Å². The number of ether oxygens (including phenoxy) is 1. The maximum atomic E-state index is 13.2. The molecule has 1 unspecified atom stereocenters. The minimum absolute atomic E-state index is 0.200. The number of pyridine rings is 1. The monoisotopic (exact) mass is 440 g/mol. The summed E-state index contributed by atoms with van der Waals surface area (Å²) < 4.78 is 35.0. The molecule has 1 aliphatic carbocycles. The average Bonchev–Trinajstić information content (AvgIpc) is 3.10. The quantitative estimate of drug-likeness (QED) is 0.595. The second-order valence-electron chi connectivity index (χ2n) is 7.56. The van der Waals surface area contributed by atoms with Crippen molar-refractivity contribution in [2.24, 2.45) is 0 Å². The van der Waals surface area contributed by atoms with E-state index in [4.69, 9.17) is 9.84 Å². The third-order valence-electron chi connectivity index (χ3n) is 5.90. The Morgan fingerprint density at radius 2 is 1.97 bits per heavy atom. The van der Waals surface area contributed by atoms with Crippen molar-refractivity contribution >= 4 is 27.6 Å². The van der Waals surface area contributed by atoms with Gasteiger partial charge in [-0.05, 0) is 60.9 Å². The highest BCUT2D eigenvalue weighted by atomic mass is 32.2. The Balaban J connectivity index is 1.68. The molecule has 2 aromatic heterocycles. The Labute approximate surface area is 181 Å². The van der Waals surface area contributed by atoms with Crippen LogP contribution in [-0.2, 0) is 27.7 Å². The summed E-state index contributed by atoms with van der Waals surface area (Å²) in [5, 5.41) is 9.06. The van der Waals surface area contributed by atoms with Crippen molar-refractivity contribution < 1.29 is 23.1 Å². The van der Waals surface area contributed by atoms with Gasteiger partial charge in [-0.2, -0.15) is 4.31 Å². The first kappa shape index (κ1) is 21.1. The summed E-state index contributed by atoms with van der Waals surface area (Å²) in [5.74, 6) is -0.395. The minimum atomic E-state index is -3.66. The molecule has 162 valence electrons. The molecule has 0 spiro atoms. The van der Waals surface area contributed by atoms with Crippen LogP contribution in [0.2, 0.25) is 0 Å². The van der Waals surface area contributed by atoms with E-state index < -0.39 is 16.0 Å². The lowest BCUT2D eigenvalue weighted by molar-refractivity contribution is -0.131. The van der Waals surface area contributed by atoms with Crippen LogP contribution in [0.5, 0.6) is 5.75 Å². The van der Waals surface area contributed by atoms with Crippen LogP contribution < -0.4 is 4.74 Å². The summed E-state index contributed by atoms with van der Waals surface area (Å²) in [4.78, 5) is 11.3. The van der Waals surface area contributed by atoms with Gasteiger partial charge in [0.05, 0.1) is 17.5 Å². The summed E-state index contributed by atoms with van der Waals surface area (Å²) in [5.41, 5.74) is 3.91. The number of aliphatic carboxylic acids is 1. The number of hydrogen-bond acceptors (Lipinski definition) is 4. The normalized spacial score (nSPS) is 16.7. The number of likely N-dealkylation sites (N-methyl/N-ethyl adjacent to an activating group) is 1. The summed E-state index contributed by atoms with van der Waals surface area (Å²) in [6.07, 6.45) is 6.59. The van der Waals surface area contributed by atoms with Gasteiger partial charge < -0.3 is 14.2 Å². The van der Waals surface area contributed by atoms with Crippen molar-refractivity contribution in [3.63, 3.8) is 0 Å². The molecular formula is C23H24N2O5S. The highest BCUT2D eigenvalue weighted by molar-refractivity contribution is 7.89. The lowest BCUT2D eigenvalue weighted by Gasteiger charge is -2.31. The fourth-order valence-corrected chi connectivity index (χ4v) is 5.64. The Kier molecular flexibility index (Phi) is 5.60. The molecule has 1 aliphatic rings. The zero-order valence-electron chi connectivity index (χ0n) is 17.4. The van der Waals surface area contributed by atoms with Gasteiger partial charge in [-0.1, -0.05) is 6.07 Å². The number of carboxylic acid groups (broad SMARTS) is 1. The van der Waals surface area contributed by atoms with E-state index in [0.29, 0.717) is 25.0 Å². The predicted molar refractivity (Wildman–Crippen MR) is 118 cm³/mol. The second-order valence-corrected chi connectivity index (χ2v) is 9.56. The van der Waals surface area contributed by atoms with E-state index in [-0.39, 0.29) is 10.9 Å². The van der Waals surface area contributed by atoms with Gasteiger partial charge in [0.15, 0.2) is 0 Å². The minimum Gasteiger partial charge on any atom is -0.497 e. The van der Waals surface area contributed by atoms with Gasteiger partial charge in [0.1, 0.15) is 5.75 Å². The first-order chi connectivity index (χ1) is 14.8. The van der Waals surface area contributed by atoms with Gasteiger partial charge in [0, 0.05) is 43.0 Å². The zero-order chi connectivity index (χ0) is 22.2. The van der Waals surface area contributed by atoms with E-state index in [9.17, 15) is 13.2 Å². The largest absolute Gasteiger partial charge is 0.497 e. The van der Waals surface area contributed by atoms with Crippen LogP contribution in [0, 0.1) is 0 Å². The third-order valence-corrected chi connectivity index (χ3v) is 7.82. The lowest BCUT2D eigenvalue weighted by Crippen LogP contribution is -2.40. The maximum Gasteiger partial charge on any atom is 0.328 e. The fourth-order valence-electron chi connectivity index (χ4n) is 4.25. The van der Waals surface area contributed by atoms with Gasteiger partial charge in [0.25, 0.3) is 0 Å². The highest BCUT2D eigenvalue weighted by Gasteiger charge is 2.33. The Hall–Kier alpha value is -3.10. The summed E-state index contributed by atoms with van der Waals surface area (Å²) >= 11 is 0. The SMILES string of the molecule is COc1ccc(S(=O)(=O)N(C)C2CCc3c(/C=C/C(=O)O)c4ccccn4c3C2)cc1. The van der Waals surface area contributed by atoms with Crippen molar-refractivity contribution in [2.45, 2.75) is 30.2 Å².